The van der Waals surface area contributed by atoms with Crippen LogP contribution in [0.4, 0.5) is 9.59 Å². The molecular weight excluding hydrogens is 416 g/mol. The number of carboxylic acids is 1. The molecule has 0 saturated carbocycles. The molecule has 0 aromatic heterocycles. The van der Waals surface area contributed by atoms with Crippen molar-refractivity contribution in [2.45, 2.75) is 83.8 Å². The van der Waals surface area contributed by atoms with Gasteiger partial charge >= 0.3 is 18.2 Å². The Hall–Kier alpha value is -2.81. The van der Waals surface area contributed by atoms with Gasteiger partial charge in [0.05, 0.1) is 31.2 Å². The van der Waals surface area contributed by atoms with E-state index in [0.717, 1.165) is 5.56 Å². The number of nitrogens with one attached hydrogen (secondary N) is 1. The highest BCUT2D eigenvalue weighted by atomic mass is 16.6. The van der Waals surface area contributed by atoms with Crippen molar-refractivity contribution in [2.75, 3.05) is 6.54 Å². The molecule has 1 aromatic carbocycles. The molecule has 0 radical (unpaired) electrons. The van der Waals surface area contributed by atoms with Crippen LogP contribution in [0.2, 0.25) is 0 Å². The number of carboxylic acid groups (broad SMARTS) is 1. The molecule has 0 bridgehead atoms. The second-order valence-electron chi connectivity index (χ2n) is 10.0. The lowest BCUT2D eigenvalue weighted by Crippen LogP contribution is -2.37. The van der Waals surface area contributed by atoms with E-state index in [9.17, 15) is 24.6 Å². The summed E-state index contributed by atoms with van der Waals surface area (Å²) in [5, 5.41) is 22.0. The van der Waals surface area contributed by atoms with Crippen molar-refractivity contribution < 1.29 is 34.1 Å². The first-order chi connectivity index (χ1) is 14.6. The third-order valence-electron chi connectivity index (χ3n) is 4.70. The first-order valence-corrected chi connectivity index (χ1v) is 10.6. The molecule has 9 heteroatoms. The summed E-state index contributed by atoms with van der Waals surface area (Å²) < 4.78 is 10.7. The van der Waals surface area contributed by atoms with Crippen molar-refractivity contribution in [1.29, 1.82) is 0 Å². The van der Waals surface area contributed by atoms with E-state index in [2.05, 4.69) is 5.32 Å². The van der Waals surface area contributed by atoms with Crippen molar-refractivity contribution in [3.63, 3.8) is 0 Å². The van der Waals surface area contributed by atoms with Crippen molar-refractivity contribution in [1.82, 2.24) is 10.2 Å². The summed E-state index contributed by atoms with van der Waals surface area (Å²) in [5.74, 6) is -1.06. The first-order valence-electron chi connectivity index (χ1n) is 10.6. The van der Waals surface area contributed by atoms with E-state index in [0.29, 0.717) is 12.0 Å². The summed E-state index contributed by atoms with van der Waals surface area (Å²) in [7, 11) is 0. The number of amides is 2. The Morgan fingerprint density at radius 1 is 1.06 bits per heavy atom. The van der Waals surface area contributed by atoms with Gasteiger partial charge in [-0.05, 0) is 59.1 Å². The second-order valence-corrected chi connectivity index (χ2v) is 10.0. The van der Waals surface area contributed by atoms with Gasteiger partial charge in [0.15, 0.2) is 0 Å². The van der Waals surface area contributed by atoms with Gasteiger partial charge in [-0.1, -0.05) is 24.3 Å². The van der Waals surface area contributed by atoms with Crippen LogP contribution in [0, 0.1) is 0 Å². The monoisotopic (exact) mass is 450 g/mol. The maximum absolute atomic E-state index is 12.6. The molecule has 2 amide bonds. The Bertz CT molecular complexity index is 824. The largest absolute Gasteiger partial charge is 0.481 e. The van der Waals surface area contributed by atoms with Crippen LogP contribution in [0.25, 0.3) is 0 Å². The number of carbonyl (C=O) groups is 3. The quantitative estimate of drug-likeness (QED) is 0.623. The Kier molecular flexibility index (Phi) is 7.77. The highest BCUT2D eigenvalue weighted by Crippen LogP contribution is 2.34. The van der Waals surface area contributed by atoms with Gasteiger partial charge in [-0.25, -0.2) is 9.59 Å². The van der Waals surface area contributed by atoms with Gasteiger partial charge in [0.2, 0.25) is 0 Å². The minimum absolute atomic E-state index is 0.170. The summed E-state index contributed by atoms with van der Waals surface area (Å²) in [6, 6.07) is 5.79. The molecule has 1 fully saturated rings. The van der Waals surface area contributed by atoms with E-state index >= 15 is 0 Å². The fraction of sp³-hybridized carbons (Fsp3) is 0.609. The van der Waals surface area contributed by atoms with Crippen molar-refractivity contribution in [3.8, 4) is 0 Å². The molecule has 178 valence electrons. The van der Waals surface area contributed by atoms with Gasteiger partial charge in [-0.15, -0.1) is 0 Å². The lowest BCUT2D eigenvalue weighted by atomic mass is 9.98. The number of hydrogen-bond acceptors (Lipinski definition) is 6. The standard InChI is InChI=1S/C23H34N2O7/c1-22(2,3)31-20(29)24-17(12-19(27)28)14-7-9-15(10-8-14)18-11-16(26)13-25(18)21(30)32-23(4,5)6/h7-10,16-18,26H,11-13H2,1-6H3,(H,24,29)(H,27,28)/t16-,17-,18-/m1/s1. The first kappa shape index (κ1) is 25.5. The van der Waals surface area contributed by atoms with Crippen molar-refractivity contribution >= 4 is 18.2 Å². The molecule has 3 N–H and O–H groups in total. The fourth-order valence-corrected chi connectivity index (χ4v) is 3.48. The maximum atomic E-state index is 12.6. The zero-order valence-corrected chi connectivity index (χ0v) is 19.5. The molecule has 9 nitrogen and oxygen atoms in total. The molecule has 1 heterocycles. The van der Waals surface area contributed by atoms with Gasteiger partial charge in [0.25, 0.3) is 0 Å². The highest BCUT2D eigenvalue weighted by Gasteiger charge is 2.37. The molecule has 2 rings (SSSR count). The van der Waals surface area contributed by atoms with Crippen LogP contribution in [0.3, 0.4) is 0 Å². The fourth-order valence-electron chi connectivity index (χ4n) is 3.48. The number of benzene rings is 1. The Balaban J connectivity index is 2.20. The van der Waals surface area contributed by atoms with Crippen LogP contribution in [0.15, 0.2) is 24.3 Å². The Labute approximate surface area is 188 Å². The van der Waals surface area contributed by atoms with Crippen LogP contribution in [-0.2, 0) is 14.3 Å². The predicted molar refractivity (Wildman–Crippen MR) is 117 cm³/mol. The molecule has 0 unspecified atom stereocenters. The number of aliphatic hydroxyl groups is 1. The van der Waals surface area contributed by atoms with Crippen LogP contribution in [-0.4, -0.2) is 57.1 Å². The van der Waals surface area contributed by atoms with Gasteiger partial charge in [0, 0.05) is 0 Å². The van der Waals surface area contributed by atoms with E-state index in [4.69, 9.17) is 9.47 Å². The number of ether oxygens (including phenoxy) is 2. The number of rotatable bonds is 5. The number of nitrogens with zero attached hydrogens (tertiary/aromatic N) is 1. The Morgan fingerprint density at radius 3 is 2.12 bits per heavy atom. The SMILES string of the molecule is CC(C)(C)OC(=O)N[C@H](CC(=O)O)c1ccc([C@H]2C[C@@H](O)CN2C(=O)OC(C)(C)C)cc1. The summed E-state index contributed by atoms with van der Waals surface area (Å²) in [5.41, 5.74) is -0.00101. The van der Waals surface area contributed by atoms with Gasteiger partial charge in [-0.2, -0.15) is 0 Å². The second kappa shape index (κ2) is 9.77. The summed E-state index contributed by atoms with van der Waals surface area (Å²) >= 11 is 0. The molecular formula is C23H34N2O7. The molecule has 3 atom stereocenters. The lowest BCUT2D eigenvalue weighted by Gasteiger charge is -2.29. The van der Waals surface area contributed by atoms with E-state index in [1.165, 1.54) is 4.90 Å². The average molecular weight is 451 g/mol. The number of alkyl carbamates (subject to hydrolysis) is 1. The lowest BCUT2D eigenvalue weighted by molar-refractivity contribution is -0.137. The summed E-state index contributed by atoms with van der Waals surface area (Å²) in [6.45, 7) is 10.7. The van der Waals surface area contributed by atoms with Crippen LogP contribution < -0.4 is 5.32 Å². The number of aliphatic hydroxyl groups excluding tert-OH is 1. The molecule has 1 saturated heterocycles. The van der Waals surface area contributed by atoms with Crippen LogP contribution in [0.5, 0.6) is 0 Å². The van der Waals surface area contributed by atoms with Gasteiger partial charge in [-0.3, -0.25) is 9.69 Å². The molecule has 1 aromatic rings. The van der Waals surface area contributed by atoms with Crippen molar-refractivity contribution in [3.05, 3.63) is 35.4 Å². The predicted octanol–water partition coefficient (Wildman–Crippen LogP) is 3.77. The molecule has 1 aliphatic heterocycles. The van der Waals surface area contributed by atoms with Gasteiger partial charge < -0.3 is 25.0 Å². The number of likely N-dealkylation sites (tertiary alicyclic amines) is 1. The molecule has 1 aliphatic rings. The van der Waals surface area contributed by atoms with E-state index in [-0.39, 0.29) is 19.0 Å². The minimum atomic E-state index is -1.06. The zero-order chi connectivity index (χ0) is 24.3. The molecule has 0 aliphatic carbocycles. The van der Waals surface area contributed by atoms with Crippen LogP contribution >= 0.6 is 0 Å². The smallest absolute Gasteiger partial charge is 0.410 e. The van der Waals surface area contributed by atoms with Crippen LogP contribution in [0.1, 0.15) is 77.6 Å². The van der Waals surface area contributed by atoms with E-state index in [1.807, 2.05) is 0 Å². The highest BCUT2D eigenvalue weighted by molar-refractivity contribution is 5.72. The normalized spacial score (nSPS) is 19.9. The van der Waals surface area contributed by atoms with E-state index < -0.39 is 41.5 Å². The minimum Gasteiger partial charge on any atom is -0.481 e. The summed E-state index contributed by atoms with van der Waals surface area (Å²) in [4.78, 5) is 37.6. The average Bonchev–Trinajstić information content (AvgIpc) is 3.00. The zero-order valence-electron chi connectivity index (χ0n) is 19.5. The molecule has 0 spiro atoms. The van der Waals surface area contributed by atoms with Gasteiger partial charge in [0.1, 0.15) is 11.2 Å². The third kappa shape index (κ3) is 7.71. The van der Waals surface area contributed by atoms with E-state index in [1.54, 1.807) is 65.8 Å². The number of carbonyl (C=O) groups excluding carboxylic acids is 2. The Morgan fingerprint density at radius 2 is 1.62 bits per heavy atom. The third-order valence-corrected chi connectivity index (χ3v) is 4.70. The number of aliphatic carboxylic acids is 1. The summed E-state index contributed by atoms with van der Waals surface area (Å²) in [6.07, 6.45) is -1.82. The van der Waals surface area contributed by atoms with Crippen molar-refractivity contribution in [2.24, 2.45) is 0 Å². The number of hydrogen-bond donors (Lipinski definition) is 3. The number of β-amino-alcohol motifs (C(OH)–C–C–N with tert-alkyl or cyclic N) is 1. The maximum Gasteiger partial charge on any atom is 0.410 e. The molecule has 32 heavy (non-hydrogen) atoms. The topological polar surface area (TPSA) is 125 Å².